The van der Waals surface area contributed by atoms with Crippen LogP contribution in [0.2, 0.25) is 0 Å². The minimum absolute atomic E-state index is 0.0504. The van der Waals surface area contributed by atoms with Gasteiger partial charge in [-0.15, -0.1) is 0 Å². The van der Waals surface area contributed by atoms with Crippen molar-refractivity contribution in [1.29, 1.82) is 0 Å². The van der Waals surface area contributed by atoms with Gasteiger partial charge in [-0.1, -0.05) is 0 Å². The molecule has 0 radical (unpaired) electrons. The van der Waals surface area contributed by atoms with E-state index in [1.807, 2.05) is 0 Å². The van der Waals surface area contributed by atoms with E-state index in [0.717, 1.165) is 9.63 Å². The molecule has 0 bridgehead atoms. The fraction of sp³-hybridized carbons (Fsp3) is 0.600. The number of hydrogen-bond acceptors (Lipinski definition) is 8. The highest BCUT2D eigenvalue weighted by Crippen LogP contribution is 2.35. The Hall–Kier alpha value is -2.46. The maximum atomic E-state index is 12.6. The molecule has 2 atom stereocenters. The van der Waals surface area contributed by atoms with E-state index in [0.29, 0.717) is 0 Å². The van der Waals surface area contributed by atoms with Gasteiger partial charge in [0.15, 0.2) is 0 Å². The van der Waals surface area contributed by atoms with Gasteiger partial charge in [-0.3, -0.25) is 24.0 Å². The van der Waals surface area contributed by atoms with Crippen LogP contribution in [0.4, 0.5) is 0 Å². The monoisotopic (exact) mass is 355 g/mol. The van der Waals surface area contributed by atoms with Crippen LogP contribution in [0.15, 0.2) is 15.8 Å². The zero-order chi connectivity index (χ0) is 18.8. The van der Waals surface area contributed by atoms with E-state index < -0.39 is 35.0 Å². The highest BCUT2D eigenvalue weighted by Gasteiger charge is 2.56. The number of rotatable bonds is 5. The number of esters is 2. The SMILES string of the molecule is CCOC(=O)[C@H]1C[C@](C(=O)OCC)(n2cc(C)c(=O)[nH]c2=O)ON1C. The van der Waals surface area contributed by atoms with E-state index >= 15 is 0 Å². The first kappa shape index (κ1) is 18.9. The average Bonchev–Trinajstić information content (AvgIpc) is 2.90. The van der Waals surface area contributed by atoms with Gasteiger partial charge in [0.1, 0.15) is 6.04 Å². The van der Waals surface area contributed by atoms with Crippen LogP contribution < -0.4 is 11.2 Å². The van der Waals surface area contributed by atoms with Gasteiger partial charge < -0.3 is 9.47 Å². The van der Waals surface area contributed by atoms with Gasteiger partial charge in [0.2, 0.25) is 0 Å². The summed E-state index contributed by atoms with van der Waals surface area (Å²) in [6.45, 7) is 4.95. The number of hydroxylamine groups is 2. The van der Waals surface area contributed by atoms with Crippen LogP contribution >= 0.6 is 0 Å². The lowest BCUT2D eigenvalue weighted by Crippen LogP contribution is -2.51. The molecule has 10 nitrogen and oxygen atoms in total. The number of nitrogens with zero attached hydrogens (tertiary/aromatic N) is 2. The zero-order valence-corrected chi connectivity index (χ0v) is 14.5. The first-order valence-electron chi connectivity index (χ1n) is 7.85. The number of nitrogens with one attached hydrogen (secondary N) is 1. The van der Waals surface area contributed by atoms with Crippen molar-refractivity contribution in [3.63, 3.8) is 0 Å². The van der Waals surface area contributed by atoms with Gasteiger partial charge in [-0.25, -0.2) is 9.59 Å². The Kier molecular flexibility index (Phi) is 5.43. The summed E-state index contributed by atoms with van der Waals surface area (Å²) < 4.78 is 11.0. The third-order valence-corrected chi connectivity index (χ3v) is 3.87. The molecule has 1 aliphatic heterocycles. The minimum atomic E-state index is -1.91. The third-order valence-electron chi connectivity index (χ3n) is 3.87. The van der Waals surface area contributed by atoms with Crippen molar-refractivity contribution in [2.24, 2.45) is 0 Å². The van der Waals surface area contributed by atoms with Crippen molar-refractivity contribution >= 4 is 11.9 Å². The van der Waals surface area contributed by atoms with Crippen LogP contribution in [0.1, 0.15) is 25.8 Å². The molecule has 138 valence electrons. The molecule has 1 fully saturated rings. The summed E-state index contributed by atoms with van der Waals surface area (Å²) in [5.41, 5.74) is -3.13. The Labute approximate surface area is 143 Å². The van der Waals surface area contributed by atoms with Crippen molar-refractivity contribution in [3.05, 3.63) is 32.6 Å². The van der Waals surface area contributed by atoms with Crippen molar-refractivity contribution in [2.75, 3.05) is 20.3 Å². The summed E-state index contributed by atoms with van der Waals surface area (Å²) in [7, 11) is 1.45. The van der Waals surface area contributed by atoms with Crippen LogP contribution in [0.3, 0.4) is 0 Å². The highest BCUT2D eigenvalue weighted by molar-refractivity contribution is 5.81. The largest absolute Gasteiger partial charge is 0.465 e. The fourth-order valence-electron chi connectivity index (χ4n) is 2.64. The minimum Gasteiger partial charge on any atom is -0.465 e. The van der Waals surface area contributed by atoms with E-state index in [9.17, 15) is 19.2 Å². The first-order valence-corrected chi connectivity index (χ1v) is 7.85. The van der Waals surface area contributed by atoms with Gasteiger partial charge in [-0.2, -0.15) is 5.06 Å². The number of likely N-dealkylation sites (N-methyl/N-ethyl adjacent to an activating group) is 1. The number of aromatic amines is 1. The number of aromatic nitrogens is 2. The number of hydrogen-bond donors (Lipinski definition) is 1. The fourth-order valence-corrected chi connectivity index (χ4v) is 2.64. The molecule has 0 saturated carbocycles. The summed E-state index contributed by atoms with van der Waals surface area (Å²) >= 11 is 0. The standard InChI is InChI=1S/C15H21N3O7/c1-5-23-12(20)10-7-15(25-17(10)4,13(21)24-6-2)18-8-9(3)11(19)16-14(18)22/h8,10H,5-7H2,1-4H3,(H,16,19,22)/t10-,15+/m1/s1. The van der Waals surface area contributed by atoms with E-state index in [1.54, 1.807) is 13.8 Å². The van der Waals surface area contributed by atoms with Gasteiger partial charge >= 0.3 is 17.6 Å². The zero-order valence-electron chi connectivity index (χ0n) is 14.5. The lowest BCUT2D eigenvalue weighted by atomic mass is 10.0. The van der Waals surface area contributed by atoms with Crippen molar-refractivity contribution in [3.8, 4) is 0 Å². The molecule has 1 saturated heterocycles. The van der Waals surface area contributed by atoms with Crippen LogP contribution in [-0.2, 0) is 29.6 Å². The quantitative estimate of drug-likeness (QED) is 0.686. The van der Waals surface area contributed by atoms with E-state index in [2.05, 4.69) is 4.98 Å². The molecule has 1 N–H and O–H groups in total. The summed E-state index contributed by atoms with van der Waals surface area (Å²) in [6.07, 6.45) is 1.01. The average molecular weight is 355 g/mol. The molecule has 25 heavy (non-hydrogen) atoms. The summed E-state index contributed by atoms with van der Waals surface area (Å²) in [5.74, 6) is -1.44. The maximum absolute atomic E-state index is 12.6. The number of ether oxygens (including phenoxy) is 2. The Morgan fingerprint density at radius 2 is 1.96 bits per heavy atom. The predicted molar refractivity (Wildman–Crippen MR) is 84.6 cm³/mol. The number of aryl methyl sites for hydroxylation is 1. The topological polar surface area (TPSA) is 120 Å². The Balaban J connectivity index is 2.57. The lowest BCUT2D eigenvalue weighted by Gasteiger charge is -2.27. The number of carbonyl (C=O) groups excluding carboxylic acids is 2. The van der Waals surface area contributed by atoms with Gasteiger partial charge in [0, 0.05) is 25.2 Å². The second-order valence-corrected chi connectivity index (χ2v) is 5.56. The van der Waals surface area contributed by atoms with E-state index in [4.69, 9.17) is 14.3 Å². The van der Waals surface area contributed by atoms with Crippen LogP contribution in [0.25, 0.3) is 0 Å². The molecule has 1 aromatic heterocycles. The summed E-state index contributed by atoms with van der Waals surface area (Å²) in [4.78, 5) is 56.4. The molecule has 0 aromatic carbocycles. The molecule has 1 aromatic rings. The molecule has 0 amide bonds. The summed E-state index contributed by atoms with van der Waals surface area (Å²) in [6, 6.07) is -0.913. The van der Waals surface area contributed by atoms with Gasteiger partial charge in [-0.05, 0) is 20.8 Å². The molecule has 1 aliphatic rings. The lowest BCUT2D eigenvalue weighted by molar-refractivity contribution is -0.238. The smallest absolute Gasteiger partial charge is 0.362 e. The Morgan fingerprint density at radius 1 is 1.32 bits per heavy atom. The highest BCUT2D eigenvalue weighted by atomic mass is 16.7. The van der Waals surface area contributed by atoms with Crippen LogP contribution in [-0.4, -0.2) is 52.9 Å². The summed E-state index contributed by atoms with van der Waals surface area (Å²) in [5, 5.41) is 1.15. The molecule has 0 aliphatic carbocycles. The van der Waals surface area contributed by atoms with Crippen LogP contribution in [0, 0.1) is 6.92 Å². The predicted octanol–water partition coefficient (Wildman–Crippen LogP) is -0.740. The van der Waals surface area contributed by atoms with E-state index in [-0.39, 0.29) is 25.2 Å². The first-order chi connectivity index (χ1) is 11.8. The van der Waals surface area contributed by atoms with E-state index in [1.165, 1.54) is 20.2 Å². The van der Waals surface area contributed by atoms with Crippen molar-refractivity contribution < 1.29 is 23.9 Å². The Morgan fingerprint density at radius 3 is 2.56 bits per heavy atom. The molecule has 0 unspecified atom stereocenters. The molecule has 10 heteroatoms. The third kappa shape index (κ3) is 3.35. The molecule has 2 rings (SSSR count). The second kappa shape index (κ2) is 7.19. The van der Waals surface area contributed by atoms with Gasteiger partial charge in [0.05, 0.1) is 13.2 Å². The normalized spacial score (nSPS) is 23.4. The van der Waals surface area contributed by atoms with Crippen molar-refractivity contribution in [1.82, 2.24) is 14.6 Å². The number of carbonyl (C=O) groups is 2. The van der Waals surface area contributed by atoms with Crippen molar-refractivity contribution in [2.45, 2.75) is 39.0 Å². The molecule has 2 heterocycles. The molecular weight excluding hydrogens is 334 g/mol. The number of H-pyrrole nitrogens is 1. The maximum Gasteiger partial charge on any atom is 0.362 e. The Bertz CT molecular complexity index is 784. The molecular formula is C15H21N3O7. The van der Waals surface area contributed by atoms with Gasteiger partial charge in [0.25, 0.3) is 11.3 Å². The second-order valence-electron chi connectivity index (χ2n) is 5.56. The molecule has 0 spiro atoms. The van der Waals surface area contributed by atoms with Crippen LogP contribution in [0.5, 0.6) is 0 Å².